The molecule has 0 radical (unpaired) electrons. The van der Waals surface area contributed by atoms with Gasteiger partial charge in [-0.1, -0.05) is 36.4 Å². The molecule has 30 heavy (non-hydrogen) atoms. The lowest BCUT2D eigenvalue weighted by molar-refractivity contribution is 0.0692. The van der Waals surface area contributed by atoms with Gasteiger partial charge in [0.25, 0.3) is 11.8 Å². The lowest BCUT2D eigenvalue weighted by Crippen LogP contribution is -2.46. The number of aromatic amines is 1. The molecule has 7 nitrogen and oxygen atoms in total. The Balaban J connectivity index is 1.32. The minimum absolute atomic E-state index is 0.0365. The molecule has 1 aliphatic heterocycles. The minimum Gasteiger partial charge on any atom is -0.497 e. The molecule has 0 bridgehead atoms. The van der Waals surface area contributed by atoms with E-state index in [2.05, 4.69) is 15.5 Å². The van der Waals surface area contributed by atoms with Crippen LogP contribution in [-0.2, 0) is 0 Å². The third-order valence-corrected chi connectivity index (χ3v) is 5.33. The van der Waals surface area contributed by atoms with E-state index in [-0.39, 0.29) is 17.9 Å². The summed E-state index contributed by atoms with van der Waals surface area (Å²) in [6, 6.07) is 18.6. The van der Waals surface area contributed by atoms with E-state index in [0.29, 0.717) is 42.9 Å². The molecule has 0 aliphatic carbocycles. The van der Waals surface area contributed by atoms with Crippen LogP contribution in [0.5, 0.6) is 5.75 Å². The lowest BCUT2D eigenvalue weighted by atomic mass is 10.0. The van der Waals surface area contributed by atoms with Gasteiger partial charge >= 0.3 is 0 Å². The zero-order chi connectivity index (χ0) is 20.9. The summed E-state index contributed by atoms with van der Waals surface area (Å²) in [5, 5.41) is 10.2. The summed E-state index contributed by atoms with van der Waals surface area (Å²) in [4.78, 5) is 27.1. The van der Waals surface area contributed by atoms with E-state index in [0.717, 1.165) is 11.3 Å². The number of hydrogen-bond acceptors (Lipinski definition) is 4. The zero-order valence-corrected chi connectivity index (χ0v) is 16.8. The summed E-state index contributed by atoms with van der Waals surface area (Å²) in [6.45, 7) is 1.17. The highest BCUT2D eigenvalue weighted by atomic mass is 16.5. The molecular weight excluding hydrogens is 380 g/mol. The van der Waals surface area contributed by atoms with Crippen molar-refractivity contribution < 1.29 is 14.3 Å². The molecule has 1 aliphatic rings. The number of aromatic nitrogens is 2. The SMILES string of the molecule is COc1cccc(C(=O)NC2CCN(C(=O)c3cc(-c4ccccc4)n[nH]3)CC2)c1. The summed E-state index contributed by atoms with van der Waals surface area (Å²) >= 11 is 0. The maximum atomic E-state index is 12.8. The quantitative estimate of drug-likeness (QED) is 0.684. The largest absolute Gasteiger partial charge is 0.497 e. The molecule has 1 saturated heterocycles. The van der Waals surface area contributed by atoms with E-state index in [9.17, 15) is 9.59 Å². The Labute approximate surface area is 175 Å². The fraction of sp³-hybridized carbons (Fsp3) is 0.261. The van der Waals surface area contributed by atoms with Crippen LogP contribution in [0, 0.1) is 0 Å². The molecule has 7 heteroatoms. The van der Waals surface area contributed by atoms with E-state index >= 15 is 0 Å². The van der Waals surface area contributed by atoms with Gasteiger partial charge in [0, 0.05) is 30.3 Å². The standard InChI is InChI=1S/C23H24N4O3/c1-30-19-9-5-8-17(14-19)22(28)24-18-10-12-27(13-11-18)23(29)21-15-20(25-26-21)16-6-3-2-4-7-16/h2-9,14-15,18H,10-13H2,1H3,(H,24,28)(H,25,26). The van der Waals surface area contributed by atoms with Gasteiger partial charge in [0.2, 0.25) is 0 Å². The monoisotopic (exact) mass is 404 g/mol. The fourth-order valence-electron chi connectivity index (χ4n) is 3.62. The number of methoxy groups -OCH3 is 1. The maximum Gasteiger partial charge on any atom is 0.271 e. The second-order valence-electron chi connectivity index (χ2n) is 7.30. The average Bonchev–Trinajstić information content (AvgIpc) is 3.30. The molecule has 0 atom stereocenters. The van der Waals surface area contributed by atoms with Gasteiger partial charge in [-0.25, -0.2) is 0 Å². The summed E-state index contributed by atoms with van der Waals surface area (Å²) < 4.78 is 5.18. The van der Waals surface area contributed by atoms with E-state index < -0.39 is 0 Å². The van der Waals surface area contributed by atoms with Gasteiger partial charge in [-0.05, 0) is 37.1 Å². The highest BCUT2D eigenvalue weighted by Crippen LogP contribution is 2.20. The molecule has 0 spiro atoms. The third kappa shape index (κ3) is 4.35. The van der Waals surface area contributed by atoms with Crippen LogP contribution in [0.1, 0.15) is 33.7 Å². The number of carbonyl (C=O) groups is 2. The molecular formula is C23H24N4O3. The molecule has 2 amide bonds. The molecule has 0 saturated carbocycles. The molecule has 3 aromatic rings. The first-order valence-electron chi connectivity index (χ1n) is 9.99. The summed E-state index contributed by atoms with van der Waals surface area (Å²) in [5.74, 6) is 0.458. The lowest BCUT2D eigenvalue weighted by Gasteiger charge is -2.32. The molecule has 2 N–H and O–H groups in total. The van der Waals surface area contributed by atoms with Crippen molar-refractivity contribution in [2.45, 2.75) is 18.9 Å². The van der Waals surface area contributed by atoms with Crippen LogP contribution in [0.3, 0.4) is 0 Å². The van der Waals surface area contributed by atoms with Gasteiger partial charge in [-0.15, -0.1) is 0 Å². The van der Waals surface area contributed by atoms with Crippen LogP contribution in [0.15, 0.2) is 60.7 Å². The number of likely N-dealkylation sites (tertiary alicyclic amines) is 1. The molecule has 154 valence electrons. The van der Waals surface area contributed by atoms with Crippen molar-refractivity contribution in [1.82, 2.24) is 20.4 Å². The highest BCUT2D eigenvalue weighted by Gasteiger charge is 2.26. The first-order chi connectivity index (χ1) is 14.6. The van der Waals surface area contributed by atoms with Crippen molar-refractivity contribution in [3.8, 4) is 17.0 Å². The third-order valence-electron chi connectivity index (χ3n) is 5.33. The molecule has 0 unspecified atom stereocenters. The van der Waals surface area contributed by atoms with Crippen molar-refractivity contribution in [3.05, 3.63) is 71.9 Å². The first-order valence-corrected chi connectivity index (χ1v) is 9.99. The van der Waals surface area contributed by atoms with Crippen molar-refractivity contribution in [2.24, 2.45) is 0 Å². The predicted molar refractivity (Wildman–Crippen MR) is 113 cm³/mol. The van der Waals surface area contributed by atoms with Crippen LogP contribution in [0.25, 0.3) is 11.3 Å². The van der Waals surface area contributed by atoms with Gasteiger partial charge < -0.3 is 15.0 Å². The smallest absolute Gasteiger partial charge is 0.271 e. The second kappa shape index (κ2) is 8.82. The van der Waals surface area contributed by atoms with Crippen LogP contribution in [0.4, 0.5) is 0 Å². The average molecular weight is 404 g/mol. The Hall–Kier alpha value is -3.61. The molecule has 1 fully saturated rings. The maximum absolute atomic E-state index is 12.8. The number of nitrogens with zero attached hydrogens (tertiary/aromatic N) is 2. The van der Waals surface area contributed by atoms with Gasteiger partial charge in [-0.2, -0.15) is 5.10 Å². The number of rotatable bonds is 5. The molecule has 2 aromatic carbocycles. The van der Waals surface area contributed by atoms with Crippen LogP contribution in [-0.4, -0.2) is 53.2 Å². The molecule has 1 aromatic heterocycles. The van der Waals surface area contributed by atoms with Crippen molar-refractivity contribution >= 4 is 11.8 Å². The molecule has 2 heterocycles. The minimum atomic E-state index is -0.125. The summed E-state index contributed by atoms with van der Waals surface area (Å²) in [5.41, 5.74) is 2.76. The van der Waals surface area contributed by atoms with E-state index in [1.165, 1.54) is 0 Å². The number of piperidine rings is 1. The van der Waals surface area contributed by atoms with E-state index in [1.807, 2.05) is 30.3 Å². The Bertz CT molecular complexity index is 1020. The van der Waals surface area contributed by atoms with Crippen LogP contribution in [0.2, 0.25) is 0 Å². The van der Waals surface area contributed by atoms with Gasteiger partial charge in [0.1, 0.15) is 11.4 Å². The van der Waals surface area contributed by atoms with Crippen LogP contribution >= 0.6 is 0 Å². The fourth-order valence-corrected chi connectivity index (χ4v) is 3.62. The van der Waals surface area contributed by atoms with E-state index in [1.54, 1.807) is 42.3 Å². The van der Waals surface area contributed by atoms with Crippen LogP contribution < -0.4 is 10.1 Å². The predicted octanol–water partition coefficient (Wildman–Crippen LogP) is 3.12. The number of nitrogens with one attached hydrogen (secondary N) is 2. The number of ether oxygens (including phenoxy) is 1. The van der Waals surface area contributed by atoms with E-state index in [4.69, 9.17) is 4.74 Å². The summed E-state index contributed by atoms with van der Waals surface area (Å²) in [7, 11) is 1.58. The first kappa shape index (κ1) is 19.7. The zero-order valence-electron chi connectivity index (χ0n) is 16.8. The number of amides is 2. The molecule has 4 rings (SSSR count). The van der Waals surface area contributed by atoms with Gasteiger partial charge in [0.05, 0.1) is 12.8 Å². The van der Waals surface area contributed by atoms with Crippen molar-refractivity contribution in [1.29, 1.82) is 0 Å². The summed E-state index contributed by atoms with van der Waals surface area (Å²) in [6.07, 6.45) is 1.42. The van der Waals surface area contributed by atoms with Gasteiger partial charge in [-0.3, -0.25) is 14.7 Å². The van der Waals surface area contributed by atoms with Gasteiger partial charge in [0.15, 0.2) is 0 Å². The second-order valence-corrected chi connectivity index (χ2v) is 7.30. The topological polar surface area (TPSA) is 87.3 Å². The number of H-pyrrole nitrogens is 1. The Morgan fingerprint density at radius 3 is 2.57 bits per heavy atom. The normalized spacial score (nSPS) is 14.4. The Morgan fingerprint density at radius 1 is 1.07 bits per heavy atom. The van der Waals surface area contributed by atoms with Crippen molar-refractivity contribution in [2.75, 3.05) is 20.2 Å². The highest BCUT2D eigenvalue weighted by molar-refractivity contribution is 5.95. The number of hydrogen-bond donors (Lipinski definition) is 2. The Kier molecular flexibility index (Phi) is 5.79. The Morgan fingerprint density at radius 2 is 1.83 bits per heavy atom. The number of carbonyl (C=O) groups excluding carboxylic acids is 2. The number of benzene rings is 2. The van der Waals surface area contributed by atoms with Crippen molar-refractivity contribution in [3.63, 3.8) is 0 Å².